The fourth-order valence-electron chi connectivity index (χ4n) is 2.00. The summed E-state index contributed by atoms with van der Waals surface area (Å²) in [7, 11) is 0. The lowest BCUT2D eigenvalue weighted by Crippen LogP contribution is -2.22. The molecular formula is C17H13ClFN3O4S. The number of esters is 1. The number of aromatic amines is 1. The Morgan fingerprint density at radius 2 is 2.15 bits per heavy atom. The van der Waals surface area contributed by atoms with Crippen LogP contribution >= 0.6 is 23.4 Å². The minimum atomic E-state index is -0.716. The van der Waals surface area contributed by atoms with E-state index in [1.165, 1.54) is 12.1 Å². The smallest absolute Gasteiger partial charge is 0.316 e. The number of amides is 1. The molecule has 0 aliphatic heterocycles. The number of benzene rings is 1. The molecule has 1 aromatic carbocycles. The van der Waals surface area contributed by atoms with E-state index in [9.17, 15) is 18.8 Å². The molecule has 2 N–H and O–H groups in total. The Kier molecular flexibility index (Phi) is 6.98. The van der Waals surface area contributed by atoms with E-state index >= 15 is 0 Å². The molecule has 27 heavy (non-hydrogen) atoms. The van der Waals surface area contributed by atoms with Crippen molar-refractivity contribution < 1.29 is 18.7 Å². The van der Waals surface area contributed by atoms with E-state index in [2.05, 4.69) is 10.3 Å². The standard InChI is InChI=1S/C17H13ClFN3O4S/c1-9-4-14(23)22-17(11(9)6-20)27-8-16(25)26-7-15(24)21-13-3-2-10(19)5-12(13)18/h2-5H,7-8H2,1H3,(H,21,24)(H,22,23). The summed E-state index contributed by atoms with van der Waals surface area (Å²) in [5, 5.41) is 11.8. The van der Waals surface area contributed by atoms with Gasteiger partial charge >= 0.3 is 5.97 Å². The van der Waals surface area contributed by atoms with Crippen LogP contribution in [-0.4, -0.2) is 29.2 Å². The van der Waals surface area contributed by atoms with Gasteiger partial charge in [0.15, 0.2) is 6.61 Å². The number of aromatic nitrogens is 1. The Hall–Kier alpha value is -2.83. The molecule has 1 aromatic heterocycles. The van der Waals surface area contributed by atoms with Crippen molar-refractivity contribution in [2.45, 2.75) is 11.9 Å². The number of thioether (sulfide) groups is 1. The third-order valence-corrected chi connectivity index (χ3v) is 4.51. The molecule has 0 unspecified atom stereocenters. The second-order valence-corrected chi connectivity index (χ2v) is 6.65. The van der Waals surface area contributed by atoms with Crippen molar-refractivity contribution in [2.75, 3.05) is 17.7 Å². The van der Waals surface area contributed by atoms with E-state index < -0.39 is 29.9 Å². The molecule has 2 rings (SSSR count). The van der Waals surface area contributed by atoms with Gasteiger partial charge in [-0.1, -0.05) is 23.4 Å². The summed E-state index contributed by atoms with van der Waals surface area (Å²) in [6, 6.07) is 6.68. The molecule has 0 aliphatic rings. The molecule has 0 bridgehead atoms. The molecular weight excluding hydrogens is 397 g/mol. The fourth-order valence-corrected chi connectivity index (χ4v) is 3.09. The van der Waals surface area contributed by atoms with Crippen LogP contribution in [-0.2, 0) is 14.3 Å². The average Bonchev–Trinajstić information content (AvgIpc) is 2.60. The van der Waals surface area contributed by atoms with Crippen LogP contribution < -0.4 is 10.9 Å². The van der Waals surface area contributed by atoms with Crippen molar-refractivity contribution in [1.29, 1.82) is 5.26 Å². The normalized spacial score (nSPS) is 10.1. The van der Waals surface area contributed by atoms with E-state index in [0.717, 1.165) is 23.9 Å². The van der Waals surface area contributed by atoms with Crippen LogP contribution in [0.5, 0.6) is 0 Å². The SMILES string of the molecule is Cc1cc(=O)[nH]c(SCC(=O)OCC(=O)Nc2ccc(F)cc2Cl)c1C#N. The predicted octanol–water partition coefficient (Wildman–Crippen LogP) is 2.62. The molecule has 2 aromatic rings. The van der Waals surface area contributed by atoms with Gasteiger partial charge in [0.2, 0.25) is 5.56 Å². The van der Waals surface area contributed by atoms with Crippen LogP contribution in [0, 0.1) is 24.1 Å². The van der Waals surface area contributed by atoms with Crippen molar-refractivity contribution in [1.82, 2.24) is 4.98 Å². The quantitative estimate of drug-likeness (QED) is 0.560. The number of halogens is 2. The monoisotopic (exact) mass is 409 g/mol. The number of pyridine rings is 1. The minimum Gasteiger partial charge on any atom is -0.455 e. The Labute approximate surface area is 162 Å². The number of nitriles is 1. The van der Waals surface area contributed by atoms with Gasteiger partial charge in [0.05, 0.1) is 27.1 Å². The number of hydrogen-bond donors (Lipinski definition) is 2. The third kappa shape index (κ3) is 5.84. The van der Waals surface area contributed by atoms with Crippen molar-refractivity contribution in [3.63, 3.8) is 0 Å². The van der Waals surface area contributed by atoms with Crippen molar-refractivity contribution in [3.05, 3.63) is 56.6 Å². The van der Waals surface area contributed by atoms with Crippen LogP contribution in [0.2, 0.25) is 5.02 Å². The summed E-state index contributed by atoms with van der Waals surface area (Å²) < 4.78 is 17.8. The molecule has 0 saturated heterocycles. The van der Waals surface area contributed by atoms with Crippen LogP contribution in [0.3, 0.4) is 0 Å². The van der Waals surface area contributed by atoms with Crippen LogP contribution in [0.25, 0.3) is 0 Å². The molecule has 0 radical (unpaired) electrons. The van der Waals surface area contributed by atoms with Crippen molar-refractivity contribution in [2.24, 2.45) is 0 Å². The Morgan fingerprint density at radius 3 is 2.81 bits per heavy atom. The van der Waals surface area contributed by atoms with E-state index in [-0.39, 0.29) is 27.1 Å². The summed E-state index contributed by atoms with van der Waals surface area (Å²) in [4.78, 5) is 37.5. The zero-order valence-electron chi connectivity index (χ0n) is 14.0. The van der Waals surface area contributed by atoms with Gasteiger partial charge in [-0.3, -0.25) is 14.4 Å². The highest BCUT2D eigenvalue weighted by Gasteiger charge is 2.13. The van der Waals surface area contributed by atoms with Crippen LogP contribution in [0.4, 0.5) is 10.1 Å². The van der Waals surface area contributed by atoms with Gasteiger partial charge in [0, 0.05) is 6.07 Å². The number of hydrogen-bond acceptors (Lipinski definition) is 6. The lowest BCUT2D eigenvalue weighted by atomic mass is 10.2. The lowest BCUT2D eigenvalue weighted by molar-refractivity contribution is -0.144. The number of carbonyl (C=O) groups excluding carboxylic acids is 2. The molecule has 140 valence electrons. The van der Waals surface area contributed by atoms with Gasteiger partial charge in [0.25, 0.3) is 5.91 Å². The first-order chi connectivity index (χ1) is 12.8. The molecule has 10 heteroatoms. The average molecular weight is 410 g/mol. The number of anilines is 1. The predicted molar refractivity (Wildman–Crippen MR) is 98.2 cm³/mol. The second-order valence-electron chi connectivity index (χ2n) is 5.25. The van der Waals surface area contributed by atoms with Gasteiger partial charge in [0.1, 0.15) is 11.9 Å². The van der Waals surface area contributed by atoms with E-state index in [4.69, 9.17) is 21.6 Å². The van der Waals surface area contributed by atoms with Crippen molar-refractivity contribution in [3.8, 4) is 6.07 Å². The largest absolute Gasteiger partial charge is 0.455 e. The highest BCUT2D eigenvalue weighted by atomic mass is 35.5. The van der Waals surface area contributed by atoms with Crippen molar-refractivity contribution >= 4 is 40.9 Å². The zero-order chi connectivity index (χ0) is 20.0. The molecule has 0 fully saturated rings. The zero-order valence-corrected chi connectivity index (χ0v) is 15.5. The minimum absolute atomic E-state index is 0.0117. The summed E-state index contributed by atoms with van der Waals surface area (Å²) in [5.41, 5.74) is 0.547. The summed E-state index contributed by atoms with van der Waals surface area (Å²) in [6.45, 7) is 1.05. The molecule has 0 atom stereocenters. The Balaban J connectivity index is 1.87. The fraction of sp³-hybridized carbons (Fsp3) is 0.176. The number of rotatable bonds is 6. The van der Waals surface area contributed by atoms with Gasteiger partial charge in [-0.25, -0.2) is 4.39 Å². The van der Waals surface area contributed by atoms with Crippen LogP contribution in [0.1, 0.15) is 11.1 Å². The van der Waals surface area contributed by atoms with E-state index in [1.807, 2.05) is 6.07 Å². The number of nitrogens with zero attached hydrogens (tertiary/aromatic N) is 1. The Bertz CT molecular complexity index is 987. The molecule has 7 nitrogen and oxygen atoms in total. The number of aryl methyl sites for hydroxylation is 1. The topological polar surface area (TPSA) is 112 Å². The first-order valence-electron chi connectivity index (χ1n) is 7.47. The highest BCUT2D eigenvalue weighted by Crippen LogP contribution is 2.22. The van der Waals surface area contributed by atoms with Gasteiger partial charge in [-0.05, 0) is 30.7 Å². The number of H-pyrrole nitrogens is 1. The molecule has 1 amide bonds. The molecule has 0 spiro atoms. The third-order valence-electron chi connectivity index (χ3n) is 3.22. The molecule has 1 heterocycles. The van der Waals surface area contributed by atoms with Gasteiger partial charge in [-0.15, -0.1) is 0 Å². The van der Waals surface area contributed by atoms with Gasteiger partial charge in [-0.2, -0.15) is 5.26 Å². The maximum Gasteiger partial charge on any atom is 0.316 e. The van der Waals surface area contributed by atoms with E-state index in [1.54, 1.807) is 6.92 Å². The van der Waals surface area contributed by atoms with E-state index in [0.29, 0.717) is 5.56 Å². The summed E-state index contributed by atoms with van der Waals surface area (Å²) >= 11 is 6.71. The number of nitrogens with one attached hydrogen (secondary N) is 2. The number of ether oxygens (including phenoxy) is 1. The van der Waals surface area contributed by atoms with Crippen LogP contribution in [0.15, 0.2) is 34.1 Å². The first kappa shape index (κ1) is 20.5. The van der Waals surface area contributed by atoms with Gasteiger partial charge < -0.3 is 15.0 Å². The molecule has 0 aliphatic carbocycles. The highest BCUT2D eigenvalue weighted by molar-refractivity contribution is 7.99. The number of carbonyl (C=O) groups is 2. The summed E-state index contributed by atoms with van der Waals surface area (Å²) in [5.74, 6) is -2.12. The maximum absolute atomic E-state index is 13.0. The lowest BCUT2D eigenvalue weighted by Gasteiger charge is -2.08. The second kappa shape index (κ2) is 9.21. The summed E-state index contributed by atoms with van der Waals surface area (Å²) in [6.07, 6.45) is 0. The Morgan fingerprint density at radius 1 is 1.41 bits per heavy atom. The molecule has 0 saturated carbocycles. The first-order valence-corrected chi connectivity index (χ1v) is 8.84. The maximum atomic E-state index is 13.0.